The van der Waals surface area contributed by atoms with E-state index in [1.165, 1.54) is 32.1 Å². The Balaban J connectivity index is 4.77. The first kappa shape index (κ1) is 31.7. The summed E-state index contributed by atoms with van der Waals surface area (Å²) in [6, 6.07) is -1.08. The largest absolute Gasteiger partial charge is 0.481 e. The Labute approximate surface area is 204 Å². The van der Waals surface area contributed by atoms with E-state index in [9.17, 15) is 19.2 Å². The number of carbonyl (C=O) groups excluding carboxylic acids is 3. The molecule has 2 atom stereocenters. The van der Waals surface area contributed by atoms with Crippen molar-refractivity contribution < 1.29 is 33.8 Å². The summed E-state index contributed by atoms with van der Waals surface area (Å²) in [6.45, 7) is 7.27. The quantitative estimate of drug-likeness (QED) is 0.175. The Hall–Kier alpha value is -2.32. The second kappa shape index (κ2) is 18.1. The molecule has 0 aliphatic carbocycles. The Bertz CT molecular complexity index is 617. The van der Waals surface area contributed by atoms with Crippen molar-refractivity contribution in [1.82, 2.24) is 5.32 Å². The van der Waals surface area contributed by atoms with Crippen LogP contribution in [-0.4, -0.2) is 46.8 Å². The number of ether oxygens (including phenoxy) is 2. The van der Waals surface area contributed by atoms with Crippen LogP contribution in [0.15, 0.2) is 0 Å². The molecule has 0 aliphatic rings. The van der Waals surface area contributed by atoms with Crippen molar-refractivity contribution in [1.29, 1.82) is 0 Å². The summed E-state index contributed by atoms with van der Waals surface area (Å²) < 4.78 is 10.7. The van der Waals surface area contributed by atoms with Crippen LogP contribution in [0.1, 0.15) is 118 Å². The molecule has 0 fully saturated rings. The molecule has 0 saturated carbocycles. The molecule has 0 bridgehead atoms. The molecule has 2 amide bonds. The highest BCUT2D eigenvalue weighted by Gasteiger charge is 2.28. The van der Waals surface area contributed by atoms with Crippen LogP contribution in [0.4, 0.5) is 4.79 Å². The first-order valence-corrected chi connectivity index (χ1v) is 12.6. The SMILES string of the molecule is CCCCCCCCCCCC(CC(N)=O)OC(=O)[C@H](CCCC(=O)O)NC(=O)OC(C)(C)C. The monoisotopic (exact) mass is 486 g/mol. The molecule has 0 aliphatic heterocycles. The molecule has 1 unspecified atom stereocenters. The molecule has 9 heteroatoms. The van der Waals surface area contributed by atoms with Gasteiger partial charge in [0, 0.05) is 6.42 Å². The number of unbranched alkanes of at least 4 members (excludes halogenated alkanes) is 8. The summed E-state index contributed by atoms with van der Waals surface area (Å²) in [5.74, 6) is -2.30. The van der Waals surface area contributed by atoms with Crippen LogP contribution in [0.2, 0.25) is 0 Å². The van der Waals surface area contributed by atoms with E-state index < -0.39 is 41.7 Å². The molecule has 34 heavy (non-hydrogen) atoms. The Morgan fingerprint density at radius 2 is 1.44 bits per heavy atom. The maximum atomic E-state index is 12.8. The van der Waals surface area contributed by atoms with Gasteiger partial charge in [0.05, 0.1) is 6.42 Å². The lowest BCUT2D eigenvalue weighted by Gasteiger charge is -2.24. The zero-order valence-electron chi connectivity index (χ0n) is 21.5. The Morgan fingerprint density at radius 1 is 0.882 bits per heavy atom. The van der Waals surface area contributed by atoms with E-state index in [0.29, 0.717) is 6.42 Å². The lowest BCUT2D eigenvalue weighted by Crippen LogP contribution is -2.45. The van der Waals surface area contributed by atoms with Crippen molar-refractivity contribution in [3.05, 3.63) is 0 Å². The van der Waals surface area contributed by atoms with Gasteiger partial charge in [-0.25, -0.2) is 9.59 Å². The maximum absolute atomic E-state index is 12.8. The third kappa shape index (κ3) is 19.2. The van der Waals surface area contributed by atoms with Crippen LogP contribution in [0, 0.1) is 0 Å². The minimum Gasteiger partial charge on any atom is -0.481 e. The van der Waals surface area contributed by atoms with E-state index in [2.05, 4.69) is 12.2 Å². The fourth-order valence-corrected chi connectivity index (χ4v) is 3.51. The molecular weight excluding hydrogens is 440 g/mol. The van der Waals surface area contributed by atoms with Crippen LogP contribution in [0.3, 0.4) is 0 Å². The average molecular weight is 487 g/mol. The van der Waals surface area contributed by atoms with Gasteiger partial charge in [0.1, 0.15) is 17.7 Å². The molecular formula is C25H46N2O7. The van der Waals surface area contributed by atoms with Crippen molar-refractivity contribution in [2.45, 2.75) is 135 Å². The minimum atomic E-state index is -1.08. The first-order valence-electron chi connectivity index (χ1n) is 12.6. The lowest BCUT2D eigenvalue weighted by molar-refractivity contribution is -0.153. The van der Waals surface area contributed by atoms with E-state index in [1.807, 2.05) is 0 Å². The van der Waals surface area contributed by atoms with Crippen LogP contribution >= 0.6 is 0 Å². The molecule has 4 N–H and O–H groups in total. The second-order valence-electron chi connectivity index (χ2n) is 9.83. The van der Waals surface area contributed by atoms with E-state index >= 15 is 0 Å². The molecule has 0 heterocycles. The number of esters is 1. The van der Waals surface area contributed by atoms with E-state index in [4.69, 9.17) is 20.3 Å². The second-order valence-corrected chi connectivity index (χ2v) is 9.83. The van der Waals surface area contributed by atoms with E-state index in [-0.39, 0.29) is 25.7 Å². The van der Waals surface area contributed by atoms with Crippen molar-refractivity contribution in [2.75, 3.05) is 0 Å². The number of aliphatic carboxylic acids is 1. The molecule has 198 valence electrons. The van der Waals surface area contributed by atoms with Crippen molar-refractivity contribution in [2.24, 2.45) is 5.73 Å². The van der Waals surface area contributed by atoms with Crippen LogP contribution in [-0.2, 0) is 23.9 Å². The van der Waals surface area contributed by atoms with Gasteiger partial charge in [-0.3, -0.25) is 9.59 Å². The van der Waals surface area contributed by atoms with Crippen LogP contribution in [0.5, 0.6) is 0 Å². The first-order chi connectivity index (χ1) is 15.9. The Morgan fingerprint density at radius 3 is 1.94 bits per heavy atom. The van der Waals surface area contributed by atoms with Gasteiger partial charge in [-0.2, -0.15) is 0 Å². The van der Waals surface area contributed by atoms with Gasteiger partial charge in [-0.05, 0) is 46.5 Å². The summed E-state index contributed by atoms with van der Waals surface area (Å²) in [5, 5.41) is 11.3. The number of alkyl carbamates (subject to hydrolysis) is 1. The highest BCUT2D eigenvalue weighted by molar-refractivity contribution is 5.82. The molecule has 0 aromatic carbocycles. The van der Waals surface area contributed by atoms with E-state index in [1.54, 1.807) is 20.8 Å². The standard InChI is InChI=1S/C25H46N2O7/c1-5-6-7-8-9-10-11-12-13-15-19(18-21(26)28)33-23(31)20(16-14-17-22(29)30)27-24(32)34-25(2,3)4/h19-20H,5-18H2,1-4H3,(H2,26,28)(H,27,32)(H,29,30)/t19?,20-/m0/s1. The van der Waals surface area contributed by atoms with Gasteiger partial charge in [-0.1, -0.05) is 58.3 Å². The zero-order valence-corrected chi connectivity index (χ0v) is 21.5. The molecule has 9 nitrogen and oxygen atoms in total. The summed E-state index contributed by atoms with van der Waals surface area (Å²) in [4.78, 5) is 47.3. The highest BCUT2D eigenvalue weighted by Crippen LogP contribution is 2.16. The smallest absolute Gasteiger partial charge is 0.408 e. The number of hydrogen-bond acceptors (Lipinski definition) is 6. The van der Waals surface area contributed by atoms with Gasteiger partial charge in [-0.15, -0.1) is 0 Å². The van der Waals surface area contributed by atoms with Crippen molar-refractivity contribution in [3.63, 3.8) is 0 Å². The molecule has 0 aromatic rings. The van der Waals surface area contributed by atoms with Crippen molar-refractivity contribution >= 4 is 23.9 Å². The van der Waals surface area contributed by atoms with Crippen LogP contribution < -0.4 is 11.1 Å². The van der Waals surface area contributed by atoms with Gasteiger partial charge < -0.3 is 25.6 Å². The topological polar surface area (TPSA) is 145 Å². The Kier molecular flexibility index (Phi) is 16.8. The molecule has 0 rings (SSSR count). The zero-order chi connectivity index (χ0) is 26.0. The normalized spacial score (nSPS) is 13.1. The molecule has 0 saturated heterocycles. The third-order valence-corrected chi connectivity index (χ3v) is 5.20. The fraction of sp³-hybridized carbons (Fsp3) is 0.840. The van der Waals surface area contributed by atoms with Gasteiger partial charge in [0.15, 0.2) is 0 Å². The van der Waals surface area contributed by atoms with Gasteiger partial charge >= 0.3 is 18.0 Å². The summed E-state index contributed by atoms with van der Waals surface area (Å²) >= 11 is 0. The third-order valence-electron chi connectivity index (χ3n) is 5.20. The number of rotatable bonds is 19. The van der Waals surface area contributed by atoms with Crippen molar-refractivity contribution in [3.8, 4) is 0 Å². The number of nitrogens with two attached hydrogens (primary N) is 1. The molecule has 0 radical (unpaired) electrons. The predicted octanol–water partition coefficient (Wildman–Crippen LogP) is 4.84. The fourth-order valence-electron chi connectivity index (χ4n) is 3.51. The number of primary amides is 1. The summed E-state index contributed by atoms with van der Waals surface area (Å²) in [6.07, 6.45) is 9.28. The lowest BCUT2D eigenvalue weighted by atomic mass is 10.0. The van der Waals surface area contributed by atoms with E-state index in [0.717, 1.165) is 25.7 Å². The average Bonchev–Trinajstić information content (AvgIpc) is 2.69. The number of carbonyl (C=O) groups is 4. The minimum absolute atomic E-state index is 0.0751. The molecule has 0 aromatic heterocycles. The number of carboxylic acid groups (broad SMARTS) is 1. The highest BCUT2D eigenvalue weighted by atomic mass is 16.6. The number of amides is 2. The number of nitrogens with one attached hydrogen (secondary N) is 1. The predicted molar refractivity (Wildman–Crippen MR) is 130 cm³/mol. The number of hydrogen-bond donors (Lipinski definition) is 3. The molecule has 0 spiro atoms. The van der Waals surface area contributed by atoms with Gasteiger partial charge in [0.25, 0.3) is 0 Å². The summed E-state index contributed by atoms with van der Waals surface area (Å²) in [5.41, 5.74) is 4.57. The maximum Gasteiger partial charge on any atom is 0.408 e. The number of carboxylic acids is 1. The van der Waals surface area contributed by atoms with Crippen LogP contribution in [0.25, 0.3) is 0 Å². The van der Waals surface area contributed by atoms with Gasteiger partial charge in [0.2, 0.25) is 5.91 Å². The summed E-state index contributed by atoms with van der Waals surface area (Å²) in [7, 11) is 0.